The number of primary amides is 1. The van der Waals surface area contributed by atoms with E-state index in [1.165, 1.54) is 6.33 Å². The largest absolute Gasteiger partial charge is 0.493 e. The lowest BCUT2D eigenvalue weighted by Crippen LogP contribution is -2.31. The van der Waals surface area contributed by atoms with Crippen LogP contribution in [0.5, 0.6) is 11.5 Å². The van der Waals surface area contributed by atoms with E-state index in [1.807, 2.05) is 18.0 Å². The van der Waals surface area contributed by atoms with Crippen molar-refractivity contribution in [2.75, 3.05) is 39.3 Å². The molecule has 29 heavy (non-hydrogen) atoms. The number of aromatic nitrogens is 2. The van der Waals surface area contributed by atoms with Gasteiger partial charge in [0.15, 0.2) is 11.5 Å². The number of nitrogens with two attached hydrogens (primary N) is 1. The fourth-order valence-corrected chi connectivity index (χ4v) is 3.43. The molecule has 2 rings (SSSR count). The van der Waals surface area contributed by atoms with Gasteiger partial charge in [-0.3, -0.25) is 0 Å². The van der Waals surface area contributed by atoms with E-state index in [4.69, 9.17) is 9.47 Å². The second kappa shape index (κ2) is 10.1. The third-order valence-corrected chi connectivity index (χ3v) is 5.06. The van der Waals surface area contributed by atoms with Crippen LogP contribution in [0.15, 0.2) is 18.5 Å². The molecule has 0 saturated heterocycles. The summed E-state index contributed by atoms with van der Waals surface area (Å²) in [4.78, 5) is 21.1. The highest BCUT2D eigenvalue weighted by atomic mass is 32.2. The van der Waals surface area contributed by atoms with E-state index in [0.717, 1.165) is 29.6 Å². The van der Waals surface area contributed by atoms with Gasteiger partial charge in [-0.05, 0) is 18.9 Å². The number of ether oxygens (including phenoxy) is 2. The Hall–Kier alpha value is -2.86. The molecule has 0 aliphatic carbocycles. The van der Waals surface area contributed by atoms with E-state index in [-0.39, 0.29) is 6.54 Å². The third kappa shape index (κ3) is 6.32. The minimum atomic E-state index is -4.14. The van der Waals surface area contributed by atoms with E-state index in [2.05, 4.69) is 24.6 Å². The van der Waals surface area contributed by atoms with Gasteiger partial charge in [0.1, 0.15) is 12.1 Å². The van der Waals surface area contributed by atoms with E-state index in [1.54, 1.807) is 20.3 Å². The molecule has 12 heteroatoms. The molecule has 0 saturated carbocycles. The van der Waals surface area contributed by atoms with Crippen molar-refractivity contribution in [3.8, 4) is 11.5 Å². The maximum atomic E-state index is 11.3. The van der Waals surface area contributed by atoms with Crippen molar-refractivity contribution in [2.24, 2.45) is 5.73 Å². The van der Waals surface area contributed by atoms with Crippen LogP contribution in [0.3, 0.4) is 0 Å². The van der Waals surface area contributed by atoms with Crippen LogP contribution in [0, 0.1) is 0 Å². The minimum Gasteiger partial charge on any atom is -0.493 e. The second-order valence-electron chi connectivity index (χ2n) is 6.15. The molecule has 0 aliphatic heterocycles. The van der Waals surface area contributed by atoms with Gasteiger partial charge in [0.25, 0.3) is 0 Å². The van der Waals surface area contributed by atoms with Crippen molar-refractivity contribution >= 4 is 33.1 Å². The van der Waals surface area contributed by atoms with Crippen LogP contribution in [0.1, 0.15) is 19.3 Å². The van der Waals surface area contributed by atoms with Crippen LogP contribution >= 0.6 is 0 Å². The summed E-state index contributed by atoms with van der Waals surface area (Å²) in [6, 6.07) is 3.64. The van der Waals surface area contributed by atoms with E-state index < -0.39 is 16.4 Å². The van der Waals surface area contributed by atoms with Gasteiger partial charge >= 0.3 is 16.4 Å². The lowest BCUT2D eigenvalue weighted by Gasteiger charge is -2.20. The van der Waals surface area contributed by atoms with Crippen molar-refractivity contribution in [1.29, 1.82) is 0 Å². The summed E-state index contributed by atoms with van der Waals surface area (Å²) in [5.74, 6) is 1.94. The highest BCUT2D eigenvalue weighted by Crippen LogP contribution is 2.34. The Morgan fingerprint density at radius 3 is 2.48 bits per heavy atom. The van der Waals surface area contributed by atoms with Crippen LogP contribution in [0.25, 0.3) is 10.9 Å². The van der Waals surface area contributed by atoms with E-state index >= 15 is 0 Å². The number of fused-ring (bicyclic) bond motifs is 1. The number of nitrogens with one attached hydrogen (secondary N) is 1. The van der Waals surface area contributed by atoms with Crippen molar-refractivity contribution in [3.63, 3.8) is 0 Å². The highest BCUT2D eigenvalue weighted by Gasteiger charge is 2.14. The number of carbonyl (C=O) groups excluding carboxylic acids is 1. The first-order valence-corrected chi connectivity index (χ1v) is 10.2. The summed E-state index contributed by atoms with van der Waals surface area (Å²) in [6.45, 7) is 0.845. The Bertz CT molecular complexity index is 953. The summed E-state index contributed by atoms with van der Waals surface area (Å²) < 4.78 is 39.4. The molecule has 0 bridgehead atoms. The number of amides is 1. The molecule has 1 heterocycles. The van der Waals surface area contributed by atoms with Crippen molar-refractivity contribution in [2.45, 2.75) is 19.3 Å². The SMILES string of the molecule is COc1cc2ncnc(N(C)CCCCCNS(=O)(=O)OC(N)=O)c2cc1OC. The third-order valence-electron chi connectivity index (χ3n) is 4.12. The number of hydrogen-bond acceptors (Lipinski definition) is 9. The van der Waals surface area contributed by atoms with Gasteiger partial charge in [-0.15, -0.1) is 0 Å². The fourth-order valence-electron chi connectivity index (χ4n) is 2.77. The average Bonchev–Trinajstić information content (AvgIpc) is 2.67. The Balaban J connectivity index is 1.92. The molecule has 0 radical (unpaired) electrons. The number of rotatable bonds is 11. The molecule has 0 fully saturated rings. The van der Waals surface area contributed by atoms with E-state index in [9.17, 15) is 13.2 Å². The minimum absolute atomic E-state index is 0.146. The highest BCUT2D eigenvalue weighted by molar-refractivity contribution is 7.85. The predicted octanol–water partition coefficient (Wildman–Crippen LogP) is 1.18. The van der Waals surface area contributed by atoms with Gasteiger partial charge in [0.2, 0.25) is 0 Å². The second-order valence-corrected chi connectivity index (χ2v) is 7.52. The number of anilines is 1. The zero-order chi connectivity index (χ0) is 21.4. The number of unbranched alkanes of at least 4 members (excludes halogenated alkanes) is 2. The molecule has 11 nitrogen and oxygen atoms in total. The molecule has 3 N–H and O–H groups in total. The Morgan fingerprint density at radius 1 is 1.14 bits per heavy atom. The molecule has 0 spiro atoms. The number of hydrogen-bond donors (Lipinski definition) is 2. The van der Waals surface area contributed by atoms with Crippen molar-refractivity contribution in [3.05, 3.63) is 18.5 Å². The zero-order valence-electron chi connectivity index (χ0n) is 16.5. The Labute approximate surface area is 169 Å². The monoisotopic (exact) mass is 427 g/mol. The van der Waals surface area contributed by atoms with Gasteiger partial charge in [0.05, 0.1) is 19.7 Å². The lowest BCUT2D eigenvalue weighted by atomic mass is 10.2. The smallest absolute Gasteiger partial charge is 0.421 e. The van der Waals surface area contributed by atoms with Crippen molar-refractivity contribution in [1.82, 2.24) is 14.7 Å². The molecule has 0 aliphatic rings. The predicted molar refractivity (Wildman–Crippen MR) is 107 cm³/mol. The summed E-state index contributed by atoms with van der Waals surface area (Å²) in [6.07, 6.45) is 2.25. The molecule has 0 atom stereocenters. The lowest BCUT2D eigenvalue weighted by molar-refractivity contribution is 0.212. The van der Waals surface area contributed by atoms with Crippen LogP contribution in [0.4, 0.5) is 10.6 Å². The number of carbonyl (C=O) groups is 1. The molecular weight excluding hydrogens is 402 g/mol. The molecule has 0 unspecified atom stereocenters. The number of nitrogens with zero attached hydrogens (tertiary/aromatic N) is 3. The first-order chi connectivity index (χ1) is 13.8. The van der Waals surface area contributed by atoms with Gasteiger partial charge in [-0.1, -0.05) is 6.42 Å². The summed E-state index contributed by atoms with van der Waals surface area (Å²) in [7, 11) is 0.917. The van der Waals surface area contributed by atoms with Crippen LogP contribution in [-0.4, -0.2) is 58.8 Å². The standard InChI is InChI=1S/C17H25N5O6S/c1-22(8-6-4-5-7-21-29(24,25)28-17(18)23)16-12-9-14(26-2)15(27-3)10-13(12)19-11-20-16/h9-11,21H,4-8H2,1-3H3,(H2,18,23). The topological polar surface area (TPSA) is 146 Å². The van der Waals surface area contributed by atoms with Crippen LogP contribution < -0.4 is 24.8 Å². The maximum absolute atomic E-state index is 11.3. The molecule has 1 aromatic heterocycles. The van der Waals surface area contributed by atoms with Gasteiger partial charge in [0, 0.05) is 31.6 Å². The summed E-state index contributed by atoms with van der Waals surface area (Å²) in [5, 5.41) is 0.837. The summed E-state index contributed by atoms with van der Waals surface area (Å²) in [5.41, 5.74) is 5.42. The van der Waals surface area contributed by atoms with Crippen molar-refractivity contribution < 1.29 is 26.9 Å². The van der Waals surface area contributed by atoms with E-state index in [0.29, 0.717) is 24.5 Å². The Morgan fingerprint density at radius 2 is 1.83 bits per heavy atom. The van der Waals surface area contributed by atoms with Gasteiger partial charge < -0.3 is 24.3 Å². The first kappa shape index (κ1) is 22.4. The molecular formula is C17H25N5O6S. The number of methoxy groups -OCH3 is 2. The average molecular weight is 427 g/mol. The van der Waals surface area contributed by atoms with Crippen LogP contribution in [0.2, 0.25) is 0 Å². The fraction of sp³-hybridized carbons (Fsp3) is 0.471. The zero-order valence-corrected chi connectivity index (χ0v) is 17.4. The van der Waals surface area contributed by atoms with Gasteiger partial charge in [-0.25, -0.2) is 14.8 Å². The molecule has 1 aromatic carbocycles. The number of benzene rings is 1. The molecule has 1 amide bonds. The molecule has 160 valence electrons. The summed E-state index contributed by atoms with van der Waals surface area (Å²) >= 11 is 0. The quantitative estimate of drug-likeness (QED) is 0.505. The first-order valence-electron chi connectivity index (χ1n) is 8.83. The maximum Gasteiger partial charge on any atom is 0.421 e. The molecule has 2 aromatic rings. The van der Waals surface area contributed by atoms with Crippen LogP contribution in [-0.2, 0) is 14.5 Å². The Kier molecular flexibility index (Phi) is 7.79. The normalized spacial score (nSPS) is 11.3. The van der Waals surface area contributed by atoms with Gasteiger partial charge in [-0.2, -0.15) is 13.1 Å².